The van der Waals surface area contributed by atoms with Gasteiger partial charge < -0.3 is 31.1 Å². The van der Waals surface area contributed by atoms with Gasteiger partial charge in [0.15, 0.2) is 11.4 Å². The van der Waals surface area contributed by atoms with Crippen LogP contribution in [-0.2, 0) is 20.8 Å². The van der Waals surface area contributed by atoms with Crippen LogP contribution in [0.2, 0.25) is 0 Å². The Morgan fingerprint density at radius 3 is 2.30 bits per heavy atom. The number of ketones is 2. The van der Waals surface area contributed by atoms with E-state index in [-0.39, 0.29) is 23.3 Å². The summed E-state index contributed by atoms with van der Waals surface area (Å²) in [7, 11) is 6.69. The molecule has 4 unspecified atom stereocenters. The van der Waals surface area contributed by atoms with Crippen molar-refractivity contribution in [1.82, 2.24) is 4.90 Å². The molecule has 3 aliphatic rings. The van der Waals surface area contributed by atoms with Crippen LogP contribution in [0, 0.1) is 18.3 Å². The fourth-order valence-corrected chi connectivity index (χ4v) is 5.34. The molecule has 0 bridgehead atoms. The summed E-state index contributed by atoms with van der Waals surface area (Å²) in [5.74, 6) is -6.94. The van der Waals surface area contributed by atoms with Gasteiger partial charge in [0.1, 0.15) is 22.8 Å². The number of nitrogens with two attached hydrogens (primary N) is 1. The molecule has 1 aromatic rings. The van der Waals surface area contributed by atoms with E-state index in [1.165, 1.54) is 11.0 Å². The van der Waals surface area contributed by atoms with E-state index in [9.17, 15) is 34.8 Å². The number of likely N-dealkylation sites (N-methyl/N-ethyl adjacent to an activating group) is 1. The van der Waals surface area contributed by atoms with Crippen LogP contribution in [0.3, 0.4) is 0 Å². The average molecular weight is 456 g/mol. The molecule has 0 aromatic heterocycles. The zero-order chi connectivity index (χ0) is 24.6. The van der Waals surface area contributed by atoms with Gasteiger partial charge in [-0.05, 0) is 50.6 Å². The molecule has 10 heteroatoms. The molecule has 1 fully saturated rings. The van der Waals surface area contributed by atoms with E-state index in [0.717, 1.165) is 5.69 Å². The van der Waals surface area contributed by atoms with Crippen molar-refractivity contribution in [1.29, 1.82) is 0 Å². The molecule has 175 valence electrons. The second-order valence-electron chi connectivity index (χ2n) is 9.10. The summed E-state index contributed by atoms with van der Waals surface area (Å²) in [5.41, 5.74) is 2.94. The van der Waals surface area contributed by atoms with Crippen LogP contribution >= 0.6 is 0 Å². The molecule has 4 rings (SSSR count). The van der Waals surface area contributed by atoms with Crippen LogP contribution in [-0.4, -0.2) is 82.6 Å². The first-order chi connectivity index (χ1) is 15.3. The number of primary amides is 1. The van der Waals surface area contributed by atoms with E-state index >= 15 is 0 Å². The van der Waals surface area contributed by atoms with Crippen molar-refractivity contribution in [2.75, 3.05) is 33.1 Å². The zero-order valence-corrected chi connectivity index (χ0v) is 18.7. The minimum atomic E-state index is -2.68. The third kappa shape index (κ3) is 2.90. The van der Waals surface area contributed by atoms with Crippen LogP contribution < -0.4 is 10.6 Å². The molecule has 0 saturated heterocycles. The largest absolute Gasteiger partial charge is 0.508 e. The Bertz CT molecular complexity index is 1170. The standard InChI is InChI=1S/C23H26N3O7/c1-25(2)12-5-6-13(27)15-10(12)7-9-8-11-17(26(3)4)19(29)16(22(24)32)21(31)23(11,33)20(30)14(9)18(15)28/h5-6,8-9,11,17,27-28,31,33H,7H2,1-4H3,(H2,24,32). The first kappa shape index (κ1) is 22.8. The number of phenolic OH excluding ortho intramolecular Hbond substituents is 1. The van der Waals surface area contributed by atoms with E-state index in [4.69, 9.17) is 5.73 Å². The van der Waals surface area contributed by atoms with Gasteiger partial charge >= 0.3 is 0 Å². The number of carbonyl (C=O) groups is 3. The van der Waals surface area contributed by atoms with E-state index in [0.29, 0.717) is 5.56 Å². The number of hydrogen-bond acceptors (Lipinski definition) is 9. The highest BCUT2D eigenvalue weighted by atomic mass is 16.3. The number of aromatic hydroxyl groups is 1. The lowest BCUT2D eigenvalue weighted by molar-refractivity contribution is -0.149. The first-order valence-electron chi connectivity index (χ1n) is 10.4. The maximum atomic E-state index is 13.7. The van der Waals surface area contributed by atoms with Crippen LogP contribution in [0.1, 0.15) is 11.1 Å². The Hall–Kier alpha value is -3.37. The molecular formula is C23H26N3O7. The quantitative estimate of drug-likeness (QED) is 0.389. The summed E-state index contributed by atoms with van der Waals surface area (Å²) in [6.07, 6.45) is 1.76. The van der Waals surface area contributed by atoms with Gasteiger partial charge in [0, 0.05) is 31.3 Å². The topological polar surface area (TPSA) is 165 Å². The molecule has 0 spiro atoms. The van der Waals surface area contributed by atoms with Crippen molar-refractivity contribution in [3.8, 4) is 5.75 Å². The Balaban J connectivity index is 1.99. The van der Waals surface area contributed by atoms with Crippen LogP contribution in [0.4, 0.5) is 5.69 Å². The highest BCUT2D eigenvalue weighted by Crippen LogP contribution is 2.53. The predicted molar refractivity (Wildman–Crippen MR) is 118 cm³/mol. The minimum absolute atomic E-state index is 0.0610. The van der Waals surface area contributed by atoms with Gasteiger partial charge in [0.25, 0.3) is 5.91 Å². The zero-order valence-electron chi connectivity index (χ0n) is 18.7. The number of hydrogen-bond donors (Lipinski definition) is 5. The lowest BCUT2D eigenvalue weighted by Gasteiger charge is -2.50. The van der Waals surface area contributed by atoms with Crippen molar-refractivity contribution in [3.05, 3.63) is 46.6 Å². The number of fused-ring (bicyclic) bond motifs is 3. The number of phenols is 1. The molecule has 6 N–H and O–H groups in total. The minimum Gasteiger partial charge on any atom is -0.508 e. The fraction of sp³-hybridized carbons (Fsp3) is 0.391. The lowest BCUT2D eigenvalue weighted by atomic mass is 9.57. The average Bonchev–Trinajstić information content (AvgIpc) is 2.70. The summed E-state index contributed by atoms with van der Waals surface area (Å²) >= 11 is 0. The molecule has 1 radical (unpaired) electrons. The number of amides is 1. The molecule has 1 amide bonds. The summed E-state index contributed by atoms with van der Waals surface area (Å²) in [6, 6.07) is 1.93. The Kier molecular flexibility index (Phi) is 5.06. The van der Waals surface area contributed by atoms with E-state index < -0.39 is 58.0 Å². The van der Waals surface area contributed by atoms with Gasteiger partial charge in [0.05, 0.1) is 11.6 Å². The molecule has 33 heavy (non-hydrogen) atoms. The van der Waals surface area contributed by atoms with E-state index in [1.54, 1.807) is 45.6 Å². The summed E-state index contributed by atoms with van der Waals surface area (Å²) in [6.45, 7) is 0. The molecular weight excluding hydrogens is 430 g/mol. The van der Waals surface area contributed by atoms with Crippen LogP contribution in [0.15, 0.2) is 29.0 Å². The number of benzene rings is 1. The molecule has 3 aliphatic carbocycles. The number of Topliss-reactive ketones (excluding diaryl/α,β-unsaturated/α-hetero) is 2. The highest BCUT2D eigenvalue weighted by Gasteiger charge is 2.64. The smallest absolute Gasteiger partial charge is 0.255 e. The van der Waals surface area contributed by atoms with Crippen LogP contribution in [0.25, 0.3) is 5.76 Å². The van der Waals surface area contributed by atoms with Gasteiger partial charge in [0.2, 0.25) is 5.78 Å². The van der Waals surface area contributed by atoms with Gasteiger partial charge in [-0.2, -0.15) is 0 Å². The van der Waals surface area contributed by atoms with Gasteiger partial charge in [-0.1, -0.05) is 0 Å². The Morgan fingerprint density at radius 2 is 1.76 bits per heavy atom. The molecule has 10 nitrogen and oxygen atoms in total. The van der Waals surface area contributed by atoms with Crippen molar-refractivity contribution in [3.63, 3.8) is 0 Å². The van der Waals surface area contributed by atoms with Crippen molar-refractivity contribution in [2.45, 2.75) is 18.1 Å². The van der Waals surface area contributed by atoms with Gasteiger partial charge in [-0.3, -0.25) is 19.3 Å². The summed E-state index contributed by atoms with van der Waals surface area (Å²) < 4.78 is 0. The Labute approximate surface area is 190 Å². The third-order valence-electron chi connectivity index (χ3n) is 6.80. The third-order valence-corrected chi connectivity index (χ3v) is 6.80. The first-order valence-corrected chi connectivity index (χ1v) is 10.4. The lowest BCUT2D eigenvalue weighted by Crippen LogP contribution is -2.66. The summed E-state index contributed by atoms with van der Waals surface area (Å²) in [4.78, 5) is 41.9. The van der Waals surface area contributed by atoms with Crippen molar-refractivity contribution < 1.29 is 34.8 Å². The highest BCUT2D eigenvalue weighted by molar-refractivity contribution is 6.24. The number of anilines is 1. The van der Waals surface area contributed by atoms with E-state index in [1.807, 2.05) is 0 Å². The van der Waals surface area contributed by atoms with Gasteiger partial charge in [-0.25, -0.2) is 0 Å². The number of aliphatic hydroxyl groups is 3. The molecule has 0 aliphatic heterocycles. The molecule has 1 saturated carbocycles. The van der Waals surface area contributed by atoms with E-state index in [2.05, 4.69) is 0 Å². The number of carbonyl (C=O) groups excluding carboxylic acids is 3. The maximum absolute atomic E-state index is 13.7. The Morgan fingerprint density at radius 1 is 1.12 bits per heavy atom. The van der Waals surface area contributed by atoms with Crippen molar-refractivity contribution in [2.24, 2.45) is 17.6 Å². The second kappa shape index (κ2) is 7.32. The maximum Gasteiger partial charge on any atom is 0.255 e. The SMILES string of the molecule is CN(C)c1ccc(O)c2c1CC1[CH]C3C(N(C)C)C(=O)C(C(N)=O)=C(O)C3(O)C(=O)C1=C2O. The van der Waals surface area contributed by atoms with Crippen LogP contribution in [0.5, 0.6) is 5.75 Å². The second-order valence-corrected chi connectivity index (χ2v) is 9.10. The van der Waals surface area contributed by atoms with Gasteiger partial charge in [-0.15, -0.1) is 0 Å². The normalized spacial score (nSPS) is 29.1. The number of aliphatic hydroxyl groups excluding tert-OH is 2. The fourth-order valence-electron chi connectivity index (χ4n) is 5.34. The number of rotatable bonds is 3. The monoisotopic (exact) mass is 456 g/mol. The summed E-state index contributed by atoms with van der Waals surface area (Å²) in [5, 5.41) is 43.8. The molecule has 1 aromatic carbocycles. The molecule has 4 atom stereocenters. The molecule has 0 heterocycles. The predicted octanol–water partition coefficient (Wildman–Crippen LogP) is -0.156. The number of nitrogens with zero attached hydrogens (tertiary/aromatic N) is 2. The van der Waals surface area contributed by atoms with Crippen molar-refractivity contribution >= 4 is 28.9 Å².